The number of fused-ring (bicyclic) bond motifs is 3. The van der Waals surface area contributed by atoms with Crippen LogP contribution in [0.4, 0.5) is 0 Å². The lowest BCUT2D eigenvalue weighted by Crippen LogP contribution is -2.28. The summed E-state index contributed by atoms with van der Waals surface area (Å²) in [5, 5.41) is 9.83. The zero-order valence-corrected chi connectivity index (χ0v) is 24.6. The lowest BCUT2D eigenvalue weighted by Gasteiger charge is -2.34. The van der Waals surface area contributed by atoms with Gasteiger partial charge in [0.2, 0.25) is 0 Å². The molecule has 0 atom stereocenters. The van der Waals surface area contributed by atoms with E-state index in [1.54, 1.807) is 0 Å². The maximum Gasteiger partial charge on any atom is 0.0991 e. The van der Waals surface area contributed by atoms with E-state index in [4.69, 9.17) is 0 Å². The molecule has 1 aliphatic carbocycles. The number of pyridine rings is 1. The number of hydrogen-bond acceptors (Lipinski definition) is 2. The van der Waals surface area contributed by atoms with Gasteiger partial charge in [0, 0.05) is 11.8 Å². The standard InChI is InChI=1S/C43H28N2/c44-29-30-12-11-13-33(26-30)38-28-41-39(27-37(38)31-21-23-32(24-22-31)42-20-9-10-25-45-42)36-18-7-8-19-40(36)43(41,34-14-3-1-4-15-34)35-16-5-2-6-17-35/h1-28H. The molecule has 210 valence electrons. The van der Waals surface area contributed by atoms with Gasteiger partial charge >= 0.3 is 0 Å². The van der Waals surface area contributed by atoms with Gasteiger partial charge in [-0.15, -0.1) is 0 Å². The molecule has 0 N–H and O–H groups in total. The van der Waals surface area contributed by atoms with E-state index in [0.29, 0.717) is 5.56 Å². The summed E-state index contributed by atoms with van der Waals surface area (Å²) >= 11 is 0. The van der Waals surface area contributed by atoms with Crippen LogP contribution in [0.2, 0.25) is 0 Å². The number of benzene rings is 6. The molecule has 2 heteroatoms. The summed E-state index contributed by atoms with van der Waals surface area (Å²) in [6.45, 7) is 0. The van der Waals surface area contributed by atoms with E-state index in [-0.39, 0.29) is 0 Å². The maximum absolute atomic E-state index is 9.83. The van der Waals surface area contributed by atoms with Crippen molar-refractivity contribution in [3.05, 3.63) is 198 Å². The van der Waals surface area contributed by atoms with Gasteiger partial charge in [-0.3, -0.25) is 4.98 Å². The summed E-state index contributed by atoms with van der Waals surface area (Å²) in [4.78, 5) is 4.55. The average molecular weight is 573 g/mol. The smallest absolute Gasteiger partial charge is 0.0991 e. The van der Waals surface area contributed by atoms with Crippen molar-refractivity contribution in [3.8, 4) is 50.7 Å². The largest absolute Gasteiger partial charge is 0.256 e. The normalized spacial score (nSPS) is 12.6. The second-order valence-electron chi connectivity index (χ2n) is 11.5. The zero-order chi connectivity index (χ0) is 30.2. The second-order valence-corrected chi connectivity index (χ2v) is 11.5. The van der Waals surface area contributed by atoms with Crippen LogP contribution in [-0.4, -0.2) is 4.98 Å². The molecule has 45 heavy (non-hydrogen) atoms. The molecule has 6 aromatic carbocycles. The van der Waals surface area contributed by atoms with Crippen LogP contribution in [0, 0.1) is 11.3 Å². The van der Waals surface area contributed by atoms with Crippen molar-refractivity contribution >= 4 is 0 Å². The fourth-order valence-electron chi connectivity index (χ4n) is 7.08. The first-order valence-corrected chi connectivity index (χ1v) is 15.2. The number of rotatable bonds is 5. The third kappa shape index (κ3) is 4.29. The van der Waals surface area contributed by atoms with Crippen molar-refractivity contribution in [2.75, 3.05) is 0 Å². The molecule has 0 fully saturated rings. The first-order valence-electron chi connectivity index (χ1n) is 15.2. The molecule has 7 aromatic rings. The van der Waals surface area contributed by atoms with E-state index in [1.807, 2.05) is 42.6 Å². The second kappa shape index (κ2) is 10.9. The monoisotopic (exact) mass is 572 g/mol. The van der Waals surface area contributed by atoms with E-state index >= 15 is 0 Å². The minimum atomic E-state index is -0.503. The Morgan fingerprint density at radius 3 is 1.78 bits per heavy atom. The average Bonchev–Trinajstić information content (AvgIpc) is 3.42. The van der Waals surface area contributed by atoms with Crippen LogP contribution in [0.3, 0.4) is 0 Å². The molecule has 1 heterocycles. The van der Waals surface area contributed by atoms with Crippen molar-refractivity contribution in [1.82, 2.24) is 4.98 Å². The quantitative estimate of drug-likeness (QED) is 0.206. The summed E-state index contributed by atoms with van der Waals surface area (Å²) in [7, 11) is 0. The van der Waals surface area contributed by atoms with E-state index in [1.165, 1.54) is 33.4 Å². The predicted octanol–water partition coefficient (Wildman–Crippen LogP) is 10.3. The number of nitrogens with zero attached hydrogens (tertiary/aromatic N) is 2. The minimum Gasteiger partial charge on any atom is -0.256 e. The van der Waals surface area contributed by atoms with Crippen LogP contribution < -0.4 is 0 Å². The third-order valence-corrected chi connectivity index (χ3v) is 9.06. The molecule has 0 saturated heterocycles. The van der Waals surface area contributed by atoms with Crippen LogP contribution in [0.25, 0.3) is 44.6 Å². The zero-order valence-electron chi connectivity index (χ0n) is 24.6. The molecule has 2 nitrogen and oxygen atoms in total. The van der Waals surface area contributed by atoms with Gasteiger partial charge in [0.25, 0.3) is 0 Å². The minimum absolute atomic E-state index is 0.503. The molecule has 0 radical (unpaired) electrons. The molecule has 0 amide bonds. The summed E-state index contributed by atoms with van der Waals surface area (Å²) < 4.78 is 0. The molecule has 0 spiro atoms. The van der Waals surface area contributed by atoms with Gasteiger partial charge in [-0.05, 0) is 92.0 Å². The summed E-state index contributed by atoms with van der Waals surface area (Å²) in [6, 6.07) is 60.2. The van der Waals surface area contributed by atoms with E-state index in [0.717, 1.165) is 33.5 Å². The highest BCUT2D eigenvalue weighted by molar-refractivity contribution is 5.95. The van der Waals surface area contributed by atoms with Crippen LogP contribution in [0.5, 0.6) is 0 Å². The summed E-state index contributed by atoms with van der Waals surface area (Å²) in [5.74, 6) is 0. The van der Waals surface area contributed by atoms with Gasteiger partial charge in [-0.25, -0.2) is 0 Å². The van der Waals surface area contributed by atoms with Crippen molar-refractivity contribution in [1.29, 1.82) is 5.26 Å². The Bertz CT molecular complexity index is 2150. The Morgan fingerprint density at radius 2 is 1.09 bits per heavy atom. The SMILES string of the molecule is N#Cc1cccc(-c2cc3c(cc2-c2ccc(-c4ccccn4)cc2)-c2ccccc2C3(c2ccccc2)c2ccccc2)c1. The van der Waals surface area contributed by atoms with E-state index in [2.05, 4.69) is 138 Å². The number of aromatic nitrogens is 1. The molecule has 8 rings (SSSR count). The van der Waals surface area contributed by atoms with Crippen molar-refractivity contribution in [2.24, 2.45) is 0 Å². The lowest BCUT2D eigenvalue weighted by molar-refractivity contribution is 0.769. The highest BCUT2D eigenvalue weighted by atomic mass is 14.7. The Kier molecular flexibility index (Phi) is 6.44. The fourth-order valence-corrected chi connectivity index (χ4v) is 7.08. The molecular weight excluding hydrogens is 544 g/mol. The topological polar surface area (TPSA) is 36.7 Å². The molecular formula is C43H28N2. The third-order valence-electron chi connectivity index (χ3n) is 9.06. The first kappa shape index (κ1) is 26.6. The van der Waals surface area contributed by atoms with Crippen molar-refractivity contribution in [3.63, 3.8) is 0 Å². The first-order chi connectivity index (χ1) is 22.3. The Hall–Kier alpha value is -6.04. The number of hydrogen-bond donors (Lipinski definition) is 0. The fraction of sp³-hybridized carbons (Fsp3) is 0.0233. The Morgan fingerprint density at radius 1 is 0.444 bits per heavy atom. The Labute approximate surface area is 263 Å². The van der Waals surface area contributed by atoms with Crippen LogP contribution in [0.1, 0.15) is 27.8 Å². The predicted molar refractivity (Wildman–Crippen MR) is 183 cm³/mol. The highest BCUT2D eigenvalue weighted by Gasteiger charge is 2.46. The molecule has 1 aliphatic rings. The molecule has 0 saturated carbocycles. The van der Waals surface area contributed by atoms with Crippen LogP contribution in [0.15, 0.2) is 170 Å². The van der Waals surface area contributed by atoms with Gasteiger partial charge in [-0.2, -0.15) is 5.26 Å². The highest BCUT2D eigenvalue weighted by Crippen LogP contribution is 2.57. The lowest BCUT2D eigenvalue weighted by atomic mass is 9.67. The van der Waals surface area contributed by atoms with Gasteiger partial charge in [0.1, 0.15) is 0 Å². The van der Waals surface area contributed by atoms with Crippen molar-refractivity contribution in [2.45, 2.75) is 5.41 Å². The number of nitriles is 1. The maximum atomic E-state index is 9.83. The molecule has 0 unspecified atom stereocenters. The van der Waals surface area contributed by atoms with Gasteiger partial charge in [0.05, 0.1) is 22.7 Å². The van der Waals surface area contributed by atoms with Crippen LogP contribution >= 0.6 is 0 Å². The van der Waals surface area contributed by atoms with Gasteiger partial charge in [0.15, 0.2) is 0 Å². The van der Waals surface area contributed by atoms with Gasteiger partial charge in [-0.1, -0.05) is 127 Å². The van der Waals surface area contributed by atoms with E-state index in [9.17, 15) is 5.26 Å². The van der Waals surface area contributed by atoms with Crippen molar-refractivity contribution < 1.29 is 0 Å². The molecule has 0 aliphatic heterocycles. The molecule has 1 aromatic heterocycles. The van der Waals surface area contributed by atoms with Gasteiger partial charge < -0.3 is 0 Å². The Balaban J connectivity index is 1.45. The van der Waals surface area contributed by atoms with Crippen LogP contribution in [-0.2, 0) is 5.41 Å². The van der Waals surface area contributed by atoms with E-state index < -0.39 is 5.41 Å². The molecule has 0 bridgehead atoms. The summed E-state index contributed by atoms with van der Waals surface area (Å²) in [6.07, 6.45) is 1.83. The summed E-state index contributed by atoms with van der Waals surface area (Å²) in [5.41, 5.74) is 14.0.